The number of thiophene rings is 1. The maximum Gasteiger partial charge on any atom is 0.421 e. The molecule has 3 N–H and O–H groups in total. The molecule has 2 aliphatic heterocycles. The number of halogens is 3. The van der Waals surface area contributed by atoms with E-state index < -0.39 is 32.4 Å². The van der Waals surface area contributed by atoms with Gasteiger partial charge >= 0.3 is 6.18 Å². The first-order chi connectivity index (χ1) is 17.1. The Labute approximate surface area is 220 Å². The number of piperazine rings is 1. The molecule has 208 valence electrons. The molecule has 2 aliphatic rings. The van der Waals surface area contributed by atoms with Crippen molar-refractivity contribution < 1.29 is 35.8 Å². The van der Waals surface area contributed by atoms with E-state index in [1.165, 1.54) is 28.6 Å². The molecule has 14 heteroatoms. The van der Waals surface area contributed by atoms with Gasteiger partial charge in [-0.15, -0.1) is 11.3 Å². The molecule has 0 saturated carbocycles. The fraction of sp³-hybridized carbons (Fsp3) is 0.565. The molecule has 0 bridgehead atoms. The van der Waals surface area contributed by atoms with E-state index in [-0.39, 0.29) is 46.5 Å². The first kappa shape index (κ1) is 28.6. The number of alkyl halides is 3. The molecule has 2 aromatic rings. The van der Waals surface area contributed by atoms with E-state index in [0.717, 1.165) is 11.3 Å². The van der Waals surface area contributed by atoms with Crippen LogP contribution in [0.4, 0.5) is 18.9 Å². The van der Waals surface area contributed by atoms with Crippen LogP contribution in [0, 0.1) is 0 Å². The second-order valence-corrected chi connectivity index (χ2v) is 15.2. The van der Waals surface area contributed by atoms with Crippen LogP contribution in [0.15, 0.2) is 46.0 Å². The topological polar surface area (TPSA) is 105 Å². The normalized spacial score (nSPS) is 26.5. The average molecular weight is 584 g/mol. The molecule has 2 fully saturated rings. The summed E-state index contributed by atoms with van der Waals surface area (Å²) in [6.07, 6.45) is -4.83. The maximum absolute atomic E-state index is 13.3. The van der Waals surface area contributed by atoms with Crippen molar-refractivity contribution in [2.75, 3.05) is 49.1 Å². The lowest BCUT2D eigenvalue weighted by Gasteiger charge is -2.49. The highest BCUT2D eigenvalue weighted by atomic mass is 32.3. The molecule has 8 nitrogen and oxygen atoms in total. The molecule has 3 atom stereocenters. The summed E-state index contributed by atoms with van der Waals surface area (Å²) in [5.74, 6) is 0.473. The molecule has 3 heterocycles. The Morgan fingerprint density at radius 2 is 1.78 bits per heavy atom. The van der Waals surface area contributed by atoms with Crippen LogP contribution in [0.2, 0.25) is 0 Å². The van der Waals surface area contributed by atoms with E-state index >= 15 is 0 Å². The molecule has 0 aliphatic carbocycles. The fourth-order valence-corrected chi connectivity index (χ4v) is 9.11. The van der Waals surface area contributed by atoms with Gasteiger partial charge < -0.3 is 10.0 Å². The molecular formula is C23H32F3N3O5S3. The quantitative estimate of drug-likeness (QED) is 0.475. The predicted molar refractivity (Wildman–Crippen MR) is 140 cm³/mol. The van der Waals surface area contributed by atoms with Crippen molar-refractivity contribution in [3.05, 3.63) is 47.3 Å². The van der Waals surface area contributed by atoms with Crippen molar-refractivity contribution in [3.8, 4) is 0 Å². The number of sulfonamides is 1. The van der Waals surface area contributed by atoms with Gasteiger partial charge in [-0.3, -0.25) is 14.0 Å². The molecule has 4 rings (SSSR count). The fourth-order valence-electron chi connectivity index (χ4n) is 4.82. The molecular weight excluding hydrogens is 551 g/mol. The van der Waals surface area contributed by atoms with Gasteiger partial charge in [-0.25, -0.2) is 8.42 Å². The number of aliphatic hydroxyl groups is 1. The first-order valence-electron chi connectivity index (χ1n) is 11.8. The Morgan fingerprint density at radius 3 is 2.35 bits per heavy atom. The highest BCUT2D eigenvalue weighted by molar-refractivity contribution is 8.24. The number of anilines is 1. The zero-order valence-electron chi connectivity index (χ0n) is 20.5. The second kappa shape index (κ2) is 10.3. The standard InChI is InChI=1S/C23H32F3N3O5S3/c1-17-16-36(31,32)13-11-27(17)14-20-15-28(37(33,34)21-4-3-12-35-21)9-10-29(20)19-7-5-18(6-8-19)22(2,30)23(24,25)26/h3-8,12,17,20,30-32H,9-11,13-16H2,1-2H3/t17-,20-,22+/m0/s1. The average Bonchev–Trinajstić information content (AvgIpc) is 3.36. The summed E-state index contributed by atoms with van der Waals surface area (Å²) in [5, 5.41) is 11.7. The van der Waals surface area contributed by atoms with Gasteiger partial charge in [-0.1, -0.05) is 18.2 Å². The molecule has 0 radical (unpaired) electrons. The van der Waals surface area contributed by atoms with E-state index in [1.807, 2.05) is 11.8 Å². The van der Waals surface area contributed by atoms with Gasteiger partial charge in [0.2, 0.25) is 0 Å². The number of hydrogen-bond donors (Lipinski definition) is 3. The SMILES string of the molecule is C[C@H]1CS(O)(O)CCN1C[C@H]1CN(S(=O)(=O)c2cccs2)CCN1c1ccc([C@@](C)(O)C(F)(F)F)cc1. The van der Waals surface area contributed by atoms with Crippen LogP contribution < -0.4 is 4.90 Å². The highest BCUT2D eigenvalue weighted by Crippen LogP contribution is 2.43. The van der Waals surface area contributed by atoms with Gasteiger partial charge in [0.1, 0.15) is 4.21 Å². The van der Waals surface area contributed by atoms with Crippen molar-refractivity contribution in [2.45, 2.75) is 41.9 Å². The minimum Gasteiger partial charge on any atom is -0.376 e. The van der Waals surface area contributed by atoms with Crippen LogP contribution in [0.1, 0.15) is 19.4 Å². The lowest BCUT2D eigenvalue weighted by Crippen LogP contribution is -2.60. The zero-order valence-corrected chi connectivity index (χ0v) is 23.0. The summed E-state index contributed by atoms with van der Waals surface area (Å²) in [5.41, 5.74) is -2.66. The third-order valence-electron chi connectivity index (χ3n) is 7.13. The molecule has 0 spiro atoms. The molecule has 1 aromatic carbocycles. The van der Waals surface area contributed by atoms with Gasteiger partial charge in [0.15, 0.2) is 5.60 Å². The summed E-state index contributed by atoms with van der Waals surface area (Å²) in [7, 11) is -6.34. The lowest BCUT2D eigenvalue weighted by molar-refractivity contribution is -0.258. The van der Waals surface area contributed by atoms with E-state index in [9.17, 15) is 35.8 Å². The Morgan fingerprint density at radius 1 is 1.11 bits per heavy atom. The van der Waals surface area contributed by atoms with Crippen LogP contribution in [0.25, 0.3) is 0 Å². The van der Waals surface area contributed by atoms with Crippen LogP contribution >= 0.6 is 21.9 Å². The summed E-state index contributed by atoms with van der Waals surface area (Å²) >= 11 is 1.14. The number of benzene rings is 1. The Balaban J connectivity index is 1.60. The number of hydrogen-bond acceptors (Lipinski definition) is 8. The van der Waals surface area contributed by atoms with Crippen LogP contribution in [-0.2, 0) is 15.6 Å². The minimum absolute atomic E-state index is 0.130. The van der Waals surface area contributed by atoms with Crippen molar-refractivity contribution in [1.82, 2.24) is 9.21 Å². The third kappa shape index (κ3) is 5.96. The monoisotopic (exact) mass is 583 g/mol. The van der Waals surface area contributed by atoms with Gasteiger partial charge in [0.05, 0.1) is 17.5 Å². The largest absolute Gasteiger partial charge is 0.421 e. The van der Waals surface area contributed by atoms with E-state index in [2.05, 4.69) is 4.90 Å². The zero-order chi connectivity index (χ0) is 27.2. The molecule has 1 aromatic heterocycles. The van der Waals surface area contributed by atoms with E-state index in [4.69, 9.17) is 0 Å². The molecule has 0 unspecified atom stereocenters. The van der Waals surface area contributed by atoms with E-state index in [1.54, 1.807) is 17.5 Å². The minimum atomic E-state index is -4.83. The lowest BCUT2D eigenvalue weighted by atomic mass is 9.95. The highest BCUT2D eigenvalue weighted by Gasteiger charge is 2.51. The van der Waals surface area contributed by atoms with Gasteiger partial charge in [0.25, 0.3) is 10.0 Å². The second-order valence-electron chi connectivity index (χ2n) is 9.78. The van der Waals surface area contributed by atoms with Gasteiger partial charge in [-0.2, -0.15) is 28.1 Å². The number of rotatable bonds is 6. The van der Waals surface area contributed by atoms with Crippen molar-refractivity contribution in [2.24, 2.45) is 0 Å². The molecule has 0 amide bonds. The maximum atomic E-state index is 13.3. The van der Waals surface area contributed by atoms with Crippen LogP contribution in [-0.4, -0.2) is 94.3 Å². The van der Waals surface area contributed by atoms with Crippen molar-refractivity contribution >= 4 is 37.6 Å². The molecule has 37 heavy (non-hydrogen) atoms. The Bertz CT molecular complexity index is 1170. The van der Waals surface area contributed by atoms with E-state index in [0.29, 0.717) is 32.2 Å². The summed E-state index contributed by atoms with van der Waals surface area (Å²) in [4.78, 5) is 4.07. The van der Waals surface area contributed by atoms with Crippen molar-refractivity contribution in [3.63, 3.8) is 0 Å². The Hall–Kier alpha value is -1.39. The Kier molecular flexibility index (Phi) is 7.97. The summed E-state index contributed by atoms with van der Waals surface area (Å²) in [6.45, 7) is 4.18. The van der Waals surface area contributed by atoms with Crippen LogP contribution in [0.5, 0.6) is 0 Å². The third-order valence-corrected chi connectivity index (χ3v) is 12.2. The number of nitrogens with zero attached hydrogens (tertiary/aromatic N) is 3. The summed E-state index contributed by atoms with van der Waals surface area (Å²) < 4.78 is 88.3. The smallest absolute Gasteiger partial charge is 0.376 e. The van der Waals surface area contributed by atoms with Gasteiger partial charge in [-0.05, 0) is 43.0 Å². The van der Waals surface area contributed by atoms with Crippen molar-refractivity contribution in [1.29, 1.82) is 0 Å². The molecule has 2 saturated heterocycles. The first-order valence-corrected chi connectivity index (χ1v) is 16.0. The van der Waals surface area contributed by atoms with Crippen LogP contribution in [0.3, 0.4) is 0 Å². The summed E-state index contributed by atoms with van der Waals surface area (Å²) in [6, 6.07) is 8.29. The van der Waals surface area contributed by atoms with Gasteiger partial charge in [0, 0.05) is 44.5 Å². The predicted octanol–water partition coefficient (Wildman–Crippen LogP) is 3.85.